The Balaban J connectivity index is 1.30. The van der Waals surface area contributed by atoms with Gasteiger partial charge in [0, 0.05) is 38.4 Å². The van der Waals surface area contributed by atoms with E-state index in [9.17, 15) is 0 Å². The van der Waals surface area contributed by atoms with E-state index in [4.69, 9.17) is 14.2 Å². The van der Waals surface area contributed by atoms with Crippen LogP contribution >= 0.6 is 0 Å². The predicted molar refractivity (Wildman–Crippen MR) is 115 cm³/mol. The summed E-state index contributed by atoms with van der Waals surface area (Å²) in [6.45, 7) is 5.39. The molecule has 1 aromatic heterocycles. The Morgan fingerprint density at radius 2 is 2.03 bits per heavy atom. The van der Waals surface area contributed by atoms with Crippen LogP contribution in [0.4, 0.5) is 11.5 Å². The van der Waals surface area contributed by atoms with Crippen LogP contribution in [0.3, 0.4) is 0 Å². The van der Waals surface area contributed by atoms with E-state index in [0.29, 0.717) is 6.61 Å². The molecule has 1 aromatic carbocycles. The van der Waals surface area contributed by atoms with Crippen LogP contribution < -0.4 is 9.64 Å². The normalized spacial score (nSPS) is 20.5. The first kappa shape index (κ1) is 19.5. The number of fused-ring (bicyclic) bond motifs is 1. The lowest BCUT2D eigenvalue weighted by atomic mass is 9.88. The minimum absolute atomic E-state index is 0.00888. The third-order valence-corrected chi connectivity index (χ3v) is 6.27. The van der Waals surface area contributed by atoms with Crippen molar-refractivity contribution < 1.29 is 14.2 Å². The number of benzene rings is 1. The molecule has 7 nitrogen and oxygen atoms in total. The maximum atomic E-state index is 6.05. The number of hydrogen-bond donors (Lipinski definition) is 0. The van der Waals surface area contributed by atoms with E-state index in [1.165, 1.54) is 12.8 Å². The molecule has 2 saturated heterocycles. The molecule has 1 atom stereocenters. The highest BCUT2D eigenvalue weighted by Gasteiger charge is 2.38. The summed E-state index contributed by atoms with van der Waals surface area (Å²) in [5.41, 5.74) is 3.90. The van der Waals surface area contributed by atoms with Crippen molar-refractivity contribution >= 4 is 17.2 Å². The van der Waals surface area contributed by atoms with Gasteiger partial charge in [0.1, 0.15) is 24.0 Å². The number of rotatable bonds is 6. The van der Waals surface area contributed by atoms with E-state index < -0.39 is 0 Å². The monoisotopic (exact) mass is 408 g/mol. The molecule has 4 heterocycles. The second kappa shape index (κ2) is 7.96. The molecular formula is C23H28N4O3. The number of piperidine rings is 1. The molecular weight excluding hydrogens is 380 g/mol. The van der Waals surface area contributed by atoms with E-state index in [1.807, 2.05) is 25.1 Å². The van der Waals surface area contributed by atoms with Crippen LogP contribution in [0.15, 0.2) is 35.6 Å². The second-order valence-electron chi connectivity index (χ2n) is 8.41. The van der Waals surface area contributed by atoms with Crippen LogP contribution in [0.1, 0.15) is 43.9 Å². The van der Waals surface area contributed by atoms with Crippen LogP contribution in [0.25, 0.3) is 0 Å². The first-order chi connectivity index (χ1) is 14.7. The molecule has 0 aliphatic carbocycles. The van der Waals surface area contributed by atoms with Gasteiger partial charge in [-0.3, -0.25) is 0 Å². The van der Waals surface area contributed by atoms with Gasteiger partial charge in [0.25, 0.3) is 0 Å². The van der Waals surface area contributed by atoms with Crippen molar-refractivity contribution in [3.8, 4) is 5.75 Å². The van der Waals surface area contributed by atoms with Gasteiger partial charge in [0.15, 0.2) is 0 Å². The highest BCUT2D eigenvalue weighted by atomic mass is 16.5. The van der Waals surface area contributed by atoms with Crippen LogP contribution in [0.2, 0.25) is 0 Å². The minimum Gasteiger partial charge on any atom is -0.488 e. The largest absolute Gasteiger partial charge is 0.488 e. The third kappa shape index (κ3) is 3.68. The van der Waals surface area contributed by atoms with E-state index >= 15 is 0 Å². The highest BCUT2D eigenvalue weighted by molar-refractivity contribution is 6.21. The molecule has 0 amide bonds. The summed E-state index contributed by atoms with van der Waals surface area (Å²) in [5, 5.41) is 0. The van der Waals surface area contributed by atoms with Crippen LogP contribution in [-0.4, -0.2) is 60.8 Å². The second-order valence-corrected chi connectivity index (χ2v) is 8.41. The number of aliphatic imine (C=N–C) groups is 1. The summed E-state index contributed by atoms with van der Waals surface area (Å²) in [6.07, 6.45) is 6.14. The van der Waals surface area contributed by atoms with Gasteiger partial charge in [-0.15, -0.1) is 0 Å². The highest BCUT2D eigenvalue weighted by Crippen LogP contribution is 2.38. The fourth-order valence-corrected chi connectivity index (χ4v) is 4.64. The minimum atomic E-state index is -0.00888. The van der Waals surface area contributed by atoms with Gasteiger partial charge in [-0.05, 0) is 50.8 Å². The molecule has 0 N–H and O–H groups in total. The maximum absolute atomic E-state index is 6.05. The number of aromatic nitrogens is 2. The van der Waals surface area contributed by atoms with Crippen molar-refractivity contribution in [2.45, 2.75) is 44.3 Å². The zero-order valence-electron chi connectivity index (χ0n) is 17.6. The molecule has 2 aromatic rings. The quantitative estimate of drug-likeness (QED) is 0.622. The Hall–Kier alpha value is -2.51. The van der Waals surface area contributed by atoms with E-state index in [0.717, 1.165) is 66.8 Å². The van der Waals surface area contributed by atoms with Crippen molar-refractivity contribution in [3.05, 3.63) is 41.9 Å². The van der Waals surface area contributed by atoms with Gasteiger partial charge in [-0.2, -0.15) is 0 Å². The third-order valence-electron chi connectivity index (χ3n) is 6.27. The summed E-state index contributed by atoms with van der Waals surface area (Å²) in [5.74, 6) is 1.78. The molecule has 2 fully saturated rings. The standard InChI is InChI=1S/C23H28N4O3/c1-16(14-28-2)30-17-4-5-19-18(12-17)22(26-19)20-13-21(25-15-24-20)27-9-7-23(8-10-27)6-3-11-29-23/h4-5,12-13,15-16H,3,6-11,14H2,1-2H3. The lowest BCUT2D eigenvalue weighted by Gasteiger charge is -2.39. The first-order valence-electron chi connectivity index (χ1n) is 10.8. The molecule has 3 aliphatic rings. The Bertz CT molecular complexity index is 945. The predicted octanol–water partition coefficient (Wildman–Crippen LogP) is 3.52. The van der Waals surface area contributed by atoms with Crippen molar-refractivity contribution in [2.75, 3.05) is 38.3 Å². The van der Waals surface area contributed by atoms with Gasteiger partial charge in [-0.25, -0.2) is 15.0 Å². The number of methoxy groups -OCH3 is 1. The molecule has 158 valence electrons. The van der Waals surface area contributed by atoms with Crippen molar-refractivity contribution in [1.82, 2.24) is 9.97 Å². The molecule has 3 aliphatic heterocycles. The number of nitrogens with zero attached hydrogens (tertiary/aromatic N) is 4. The lowest BCUT2D eigenvalue weighted by Crippen LogP contribution is -2.44. The SMILES string of the molecule is COCC(C)Oc1ccc2c(c1)C(c1cc(N3CCC4(CCCO4)CC3)ncn1)=N2. The Labute approximate surface area is 177 Å². The summed E-state index contributed by atoms with van der Waals surface area (Å²) >= 11 is 0. The number of anilines is 1. The zero-order valence-corrected chi connectivity index (χ0v) is 17.6. The molecule has 30 heavy (non-hydrogen) atoms. The molecule has 7 heteroatoms. The van der Waals surface area contributed by atoms with Gasteiger partial charge >= 0.3 is 0 Å². The molecule has 1 unspecified atom stereocenters. The molecule has 1 spiro atoms. The first-order valence-corrected chi connectivity index (χ1v) is 10.8. The van der Waals surface area contributed by atoms with Crippen LogP contribution in [0, 0.1) is 0 Å². The Morgan fingerprint density at radius 1 is 1.17 bits per heavy atom. The molecule has 0 radical (unpaired) electrons. The van der Waals surface area contributed by atoms with Crippen molar-refractivity contribution in [1.29, 1.82) is 0 Å². The van der Waals surface area contributed by atoms with E-state index in [2.05, 4.69) is 25.9 Å². The summed E-state index contributed by atoms with van der Waals surface area (Å²) < 4.78 is 17.1. The average molecular weight is 409 g/mol. The van der Waals surface area contributed by atoms with Gasteiger partial charge in [0.05, 0.1) is 29.3 Å². The van der Waals surface area contributed by atoms with Crippen molar-refractivity contribution in [2.24, 2.45) is 4.99 Å². The topological polar surface area (TPSA) is 69.1 Å². The Morgan fingerprint density at radius 3 is 2.80 bits per heavy atom. The van der Waals surface area contributed by atoms with Gasteiger partial charge in [0.2, 0.25) is 0 Å². The summed E-state index contributed by atoms with van der Waals surface area (Å²) in [4.78, 5) is 16.0. The fraction of sp³-hybridized carbons (Fsp3) is 0.522. The zero-order chi connectivity index (χ0) is 20.6. The number of hydrogen-bond acceptors (Lipinski definition) is 7. The maximum Gasteiger partial charge on any atom is 0.132 e. The average Bonchev–Trinajstić information content (AvgIpc) is 3.19. The van der Waals surface area contributed by atoms with Crippen LogP contribution in [0.5, 0.6) is 5.75 Å². The number of ether oxygens (including phenoxy) is 3. The molecule has 5 rings (SSSR count). The van der Waals surface area contributed by atoms with Crippen molar-refractivity contribution in [3.63, 3.8) is 0 Å². The molecule has 0 saturated carbocycles. The summed E-state index contributed by atoms with van der Waals surface area (Å²) in [7, 11) is 1.68. The van der Waals surface area contributed by atoms with Gasteiger partial charge < -0.3 is 19.1 Å². The van der Waals surface area contributed by atoms with Gasteiger partial charge in [-0.1, -0.05) is 0 Å². The smallest absolute Gasteiger partial charge is 0.132 e. The molecule has 0 bridgehead atoms. The van der Waals surface area contributed by atoms with Crippen LogP contribution in [-0.2, 0) is 9.47 Å². The fourth-order valence-electron chi connectivity index (χ4n) is 4.64. The lowest BCUT2D eigenvalue weighted by molar-refractivity contribution is -0.0147. The summed E-state index contributed by atoms with van der Waals surface area (Å²) in [6, 6.07) is 8.02. The van der Waals surface area contributed by atoms with E-state index in [1.54, 1.807) is 13.4 Å². The Kier molecular flexibility index (Phi) is 5.16. The van der Waals surface area contributed by atoms with E-state index in [-0.39, 0.29) is 11.7 Å².